The second-order valence-electron chi connectivity index (χ2n) is 9.73. The van der Waals surface area contributed by atoms with Crippen LogP contribution in [0, 0.1) is 0 Å². The summed E-state index contributed by atoms with van der Waals surface area (Å²) in [6.07, 6.45) is 10.9. The van der Waals surface area contributed by atoms with E-state index in [0.29, 0.717) is 0 Å². The molecule has 0 saturated carbocycles. The zero-order valence-electron chi connectivity index (χ0n) is 21.5. The maximum Gasteiger partial charge on any atom is 0.0146 e. The Hall–Kier alpha value is -3.64. The lowest BCUT2D eigenvalue weighted by molar-refractivity contribution is 0.641. The molecule has 4 aromatic carbocycles. The van der Waals surface area contributed by atoms with Crippen molar-refractivity contribution >= 4 is 24.3 Å². The second kappa shape index (κ2) is 11.2. The molecule has 0 radical (unpaired) electrons. The molecule has 0 heteroatoms. The van der Waals surface area contributed by atoms with Crippen molar-refractivity contribution in [1.29, 1.82) is 0 Å². The van der Waals surface area contributed by atoms with Gasteiger partial charge >= 0.3 is 0 Å². The highest BCUT2D eigenvalue weighted by Gasteiger charge is 2.22. The molecule has 0 bridgehead atoms. The molecule has 0 nitrogen and oxygen atoms in total. The molecule has 176 valence electrons. The monoisotopic (exact) mass is 456 g/mol. The number of hydrogen-bond acceptors (Lipinski definition) is 0. The van der Waals surface area contributed by atoms with Gasteiger partial charge in [0.2, 0.25) is 0 Å². The van der Waals surface area contributed by atoms with Gasteiger partial charge in [-0.05, 0) is 57.3 Å². The number of hydrogen-bond donors (Lipinski definition) is 0. The Morgan fingerprint density at radius 3 is 0.943 bits per heavy atom. The first-order chi connectivity index (χ1) is 17.0. The molecule has 0 aliphatic rings. The summed E-state index contributed by atoms with van der Waals surface area (Å²) in [6.45, 7) is 8.97. The molecular formula is C35H36. The highest BCUT2D eigenvalue weighted by atomic mass is 14.3. The van der Waals surface area contributed by atoms with Gasteiger partial charge in [0.1, 0.15) is 0 Å². The Balaban J connectivity index is 1.43. The Labute approximate surface area is 211 Å². The molecule has 0 N–H and O–H groups in total. The summed E-state index contributed by atoms with van der Waals surface area (Å²) >= 11 is 0. The fourth-order valence-corrected chi connectivity index (χ4v) is 4.30. The minimum atomic E-state index is -0.0591. The van der Waals surface area contributed by atoms with Crippen LogP contribution >= 0.6 is 0 Å². The molecule has 0 saturated heterocycles. The summed E-state index contributed by atoms with van der Waals surface area (Å²) in [4.78, 5) is 0. The fraction of sp³-hybridized carbons (Fsp3) is 0.200. The standard InChI is InChI=1S/C35H36/c1-5-27-7-11-29(12-8-27)15-17-31-19-23-33(24-20-31)35(3,4)34-25-21-32(22-26-34)18-16-30-13-9-28(6-2)10-14-30/h7-26H,5-6H2,1-4H3. The van der Waals surface area contributed by atoms with Gasteiger partial charge in [0.05, 0.1) is 0 Å². The van der Waals surface area contributed by atoms with E-state index in [1.54, 1.807) is 0 Å². The van der Waals surface area contributed by atoms with Crippen molar-refractivity contribution in [2.75, 3.05) is 0 Å². The topological polar surface area (TPSA) is 0 Å². The quantitative estimate of drug-likeness (QED) is 0.232. The molecule has 35 heavy (non-hydrogen) atoms. The van der Waals surface area contributed by atoms with Crippen LogP contribution in [-0.2, 0) is 18.3 Å². The number of rotatable bonds is 8. The summed E-state index contributed by atoms with van der Waals surface area (Å²) < 4.78 is 0. The molecule has 0 aliphatic heterocycles. The van der Waals surface area contributed by atoms with E-state index in [0.717, 1.165) is 12.8 Å². The first kappa shape index (κ1) is 24.5. The number of aryl methyl sites for hydroxylation is 2. The lowest BCUT2D eigenvalue weighted by atomic mass is 9.78. The Morgan fingerprint density at radius 1 is 0.429 bits per heavy atom. The molecule has 0 unspecified atom stereocenters. The lowest BCUT2D eigenvalue weighted by Crippen LogP contribution is -2.18. The molecule has 4 aromatic rings. The van der Waals surface area contributed by atoms with Crippen molar-refractivity contribution in [3.8, 4) is 0 Å². The van der Waals surface area contributed by atoms with E-state index in [9.17, 15) is 0 Å². The van der Waals surface area contributed by atoms with Crippen molar-refractivity contribution < 1.29 is 0 Å². The molecule has 0 aliphatic carbocycles. The SMILES string of the molecule is CCc1ccc(C=Cc2ccc(C(C)(C)c3ccc(C=Cc4ccc(CC)cc4)cc3)cc2)cc1. The van der Waals surface area contributed by atoms with E-state index in [1.165, 1.54) is 44.5 Å². The van der Waals surface area contributed by atoms with Crippen molar-refractivity contribution in [1.82, 2.24) is 0 Å². The summed E-state index contributed by atoms with van der Waals surface area (Å²) in [5, 5.41) is 0. The molecule has 0 atom stereocenters. The third-order valence-electron chi connectivity index (χ3n) is 6.98. The van der Waals surface area contributed by atoms with Gasteiger partial charge in [-0.15, -0.1) is 0 Å². The third-order valence-corrected chi connectivity index (χ3v) is 6.98. The third kappa shape index (κ3) is 6.28. The normalized spacial score (nSPS) is 12.0. The molecular weight excluding hydrogens is 420 g/mol. The maximum atomic E-state index is 2.30. The zero-order valence-corrected chi connectivity index (χ0v) is 21.5. The van der Waals surface area contributed by atoms with E-state index in [2.05, 4.69) is 149 Å². The van der Waals surface area contributed by atoms with Crippen LogP contribution in [0.15, 0.2) is 97.1 Å². The van der Waals surface area contributed by atoms with E-state index in [1.807, 2.05) is 0 Å². The fourth-order valence-electron chi connectivity index (χ4n) is 4.30. The first-order valence-electron chi connectivity index (χ1n) is 12.7. The zero-order chi connectivity index (χ0) is 24.7. The lowest BCUT2D eigenvalue weighted by Gasteiger charge is -2.26. The highest BCUT2D eigenvalue weighted by Crippen LogP contribution is 2.32. The minimum Gasteiger partial charge on any atom is -0.0613 e. The summed E-state index contributed by atoms with van der Waals surface area (Å²) in [6, 6.07) is 35.5. The Kier molecular flexibility index (Phi) is 7.83. The molecule has 4 rings (SSSR count). The van der Waals surface area contributed by atoms with Crippen LogP contribution < -0.4 is 0 Å². The van der Waals surface area contributed by atoms with Crippen LogP contribution in [0.4, 0.5) is 0 Å². The van der Waals surface area contributed by atoms with Gasteiger partial charge in [-0.25, -0.2) is 0 Å². The second-order valence-corrected chi connectivity index (χ2v) is 9.73. The van der Waals surface area contributed by atoms with E-state index in [4.69, 9.17) is 0 Å². The van der Waals surface area contributed by atoms with Gasteiger partial charge in [-0.3, -0.25) is 0 Å². The van der Waals surface area contributed by atoms with Gasteiger partial charge in [0, 0.05) is 5.41 Å². The number of benzene rings is 4. The van der Waals surface area contributed by atoms with Crippen molar-refractivity contribution in [3.63, 3.8) is 0 Å². The Morgan fingerprint density at radius 2 is 0.686 bits per heavy atom. The van der Waals surface area contributed by atoms with Crippen molar-refractivity contribution in [3.05, 3.63) is 142 Å². The van der Waals surface area contributed by atoms with Crippen LogP contribution in [0.5, 0.6) is 0 Å². The summed E-state index contributed by atoms with van der Waals surface area (Å²) in [5.41, 5.74) is 10.2. The van der Waals surface area contributed by atoms with Gasteiger partial charge in [0.25, 0.3) is 0 Å². The van der Waals surface area contributed by atoms with E-state index in [-0.39, 0.29) is 5.41 Å². The Bertz CT molecular complexity index is 1160. The van der Waals surface area contributed by atoms with Gasteiger partial charge in [0.15, 0.2) is 0 Å². The van der Waals surface area contributed by atoms with Gasteiger partial charge < -0.3 is 0 Å². The summed E-state index contributed by atoms with van der Waals surface area (Å²) in [7, 11) is 0. The summed E-state index contributed by atoms with van der Waals surface area (Å²) in [5.74, 6) is 0. The molecule has 0 amide bonds. The molecule has 0 aromatic heterocycles. The predicted octanol–water partition coefficient (Wildman–Crippen LogP) is 9.48. The highest BCUT2D eigenvalue weighted by molar-refractivity contribution is 5.71. The van der Waals surface area contributed by atoms with Gasteiger partial charge in [-0.2, -0.15) is 0 Å². The average molecular weight is 457 g/mol. The average Bonchev–Trinajstić information content (AvgIpc) is 2.92. The van der Waals surface area contributed by atoms with Crippen LogP contribution in [0.2, 0.25) is 0 Å². The van der Waals surface area contributed by atoms with Crippen LogP contribution in [0.1, 0.15) is 72.2 Å². The molecule has 0 fully saturated rings. The molecule has 0 spiro atoms. The van der Waals surface area contributed by atoms with Crippen LogP contribution in [-0.4, -0.2) is 0 Å². The van der Waals surface area contributed by atoms with Crippen LogP contribution in [0.25, 0.3) is 24.3 Å². The maximum absolute atomic E-state index is 2.30. The van der Waals surface area contributed by atoms with E-state index < -0.39 is 0 Å². The van der Waals surface area contributed by atoms with Crippen LogP contribution in [0.3, 0.4) is 0 Å². The first-order valence-corrected chi connectivity index (χ1v) is 12.7. The smallest absolute Gasteiger partial charge is 0.0146 e. The van der Waals surface area contributed by atoms with Crippen molar-refractivity contribution in [2.24, 2.45) is 0 Å². The van der Waals surface area contributed by atoms with Crippen molar-refractivity contribution in [2.45, 2.75) is 46.0 Å². The predicted molar refractivity (Wildman–Crippen MR) is 155 cm³/mol. The van der Waals surface area contributed by atoms with Gasteiger partial charge in [-0.1, -0.05) is 149 Å². The van der Waals surface area contributed by atoms with E-state index >= 15 is 0 Å². The largest absolute Gasteiger partial charge is 0.0613 e. The minimum absolute atomic E-state index is 0.0591. The molecule has 0 heterocycles.